The van der Waals surface area contributed by atoms with Crippen molar-refractivity contribution in [2.45, 2.75) is 13.8 Å². The molecule has 0 aliphatic carbocycles. The van der Waals surface area contributed by atoms with E-state index in [2.05, 4.69) is 12.7 Å². The van der Waals surface area contributed by atoms with E-state index in [1.165, 1.54) is 5.56 Å². The fraction of sp³-hybridized carbons (Fsp3) is 0.231. The maximum atomic E-state index is 5.71. The monoisotopic (exact) mass is 202 g/mol. The van der Waals surface area contributed by atoms with Gasteiger partial charge in [0.05, 0.1) is 0 Å². The highest BCUT2D eigenvalue weighted by Gasteiger charge is 2.11. The van der Waals surface area contributed by atoms with Gasteiger partial charge in [-0.3, -0.25) is 0 Å². The van der Waals surface area contributed by atoms with Crippen LogP contribution in [-0.4, -0.2) is 11.9 Å². The molecule has 1 aliphatic heterocycles. The van der Waals surface area contributed by atoms with Crippen LogP contribution in [0.15, 0.2) is 31.0 Å². The lowest BCUT2D eigenvalue weighted by atomic mass is 10.0. The summed E-state index contributed by atoms with van der Waals surface area (Å²) in [6.45, 7) is 8.00. The zero-order chi connectivity index (χ0) is 11.4. The molecule has 1 aromatic carbocycles. The minimum Gasteiger partial charge on any atom is -0.399 e. The van der Waals surface area contributed by atoms with Crippen molar-refractivity contribution in [2.24, 2.45) is 0 Å². The summed E-state index contributed by atoms with van der Waals surface area (Å²) in [6.07, 6.45) is 4.06. The molecule has 0 unspecified atom stereocenters. The molecule has 15 heavy (non-hydrogen) atoms. The van der Waals surface area contributed by atoms with Crippen molar-refractivity contribution < 1.29 is 0 Å². The third-order valence-corrected chi connectivity index (χ3v) is 2.29. The Balaban J connectivity index is 0.000000531. The van der Waals surface area contributed by atoms with Crippen LogP contribution in [0, 0.1) is 0 Å². The molecule has 0 saturated heterocycles. The van der Waals surface area contributed by atoms with Crippen molar-refractivity contribution >= 4 is 17.5 Å². The van der Waals surface area contributed by atoms with Crippen molar-refractivity contribution in [1.82, 2.24) is 4.90 Å². The maximum Gasteiger partial charge on any atom is 0.0410 e. The number of anilines is 1. The number of rotatable bonds is 0. The van der Waals surface area contributed by atoms with Crippen LogP contribution in [0.25, 0.3) is 11.8 Å². The minimum atomic E-state index is 0.781. The number of nitrogen functional groups attached to an aromatic ring is 1. The summed E-state index contributed by atoms with van der Waals surface area (Å²) in [5.41, 5.74) is 9.77. The second kappa shape index (κ2) is 4.69. The van der Waals surface area contributed by atoms with Crippen LogP contribution in [0.2, 0.25) is 0 Å². The number of benzene rings is 1. The largest absolute Gasteiger partial charge is 0.399 e. The summed E-state index contributed by atoms with van der Waals surface area (Å²) in [7, 11) is 1.98. The van der Waals surface area contributed by atoms with E-state index < -0.39 is 0 Å². The first-order valence-electron chi connectivity index (χ1n) is 5.18. The summed E-state index contributed by atoms with van der Waals surface area (Å²) in [5, 5.41) is 0. The van der Waals surface area contributed by atoms with Crippen LogP contribution in [0.1, 0.15) is 25.0 Å². The van der Waals surface area contributed by atoms with E-state index in [9.17, 15) is 0 Å². The van der Waals surface area contributed by atoms with Gasteiger partial charge in [0.15, 0.2) is 0 Å². The molecule has 2 nitrogen and oxygen atoms in total. The summed E-state index contributed by atoms with van der Waals surface area (Å²) in [5.74, 6) is 0. The van der Waals surface area contributed by atoms with Crippen LogP contribution in [-0.2, 0) is 0 Å². The van der Waals surface area contributed by atoms with Gasteiger partial charge in [-0.1, -0.05) is 26.5 Å². The number of hydrogen-bond donors (Lipinski definition) is 1. The highest BCUT2D eigenvalue weighted by atomic mass is 15.1. The quantitative estimate of drug-likeness (QED) is 0.655. The molecule has 1 aromatic rings. The van der Waals surface area contributed by atoms with Crippen molar-refractivity contribution in [3.05, 3.63) is 42.1 Å². The molecular weight excluding hydrogens is 184 g/mol. The molecule has 0 spiro atoms. The van der Waals surface area contributed by atoms with Crippen LogP contribution >= 0.6 is 0 Å². The Kier molecular flexibility index (Phi) is 3.56. The molecule has 0 fully saturated rings. The zero-order valence-electron chi connectivity index (χ0n) is 9.62. The van der Waals surface area contributed by atoms with E-state index >= 15 is 0 Å². The molecule has 1 aliphatic rings. The SMILES string of the molecule is C=C1c2cc(N)ccc2C=CN1C.CC. The van der Waals surface area contributed by atoms with Gasteiger partial charge in [-0.15, -0.1) is 0 Å². The van der Waals surface area contributed by atoms with E-state index in [4.69, 9.17) is 5.73 Å². The molecule has 2 N–H and O–H groups in total. The van der Waals surface area contributed by atoms with Crippen LogP contribution in [0.4, 0.5) is 5.69 Å². The average Bonchev–Trinajstić information content (AvgIpc) is 2.27. The van der Waals surface area contributed by atoms with Crippen molar-refractivity contribution in [3.8, 4) is 0 Å². The van der Waals surface area contributed by atoms with Crippen LogP contribution < -0.4 is 5.73 Å². The molecule has 0 amide bonds. The summed E-state index contributed by atoms with van der Waals surface area (Å²) >= 11 is 0. The Morgan fingerprint density at radius 2 is 1.93 bits per heavy atom. The number of nitrogens with zero attached hydrogens (tertiary/aromatic N) is 1. The Bertz CT molecular complexity index is 392. The standard InChI is InChI=1S/C11H12N2.C2H6/c1-8-11-7-10(12)4-3-9(11)5-6-13(8)2;1-2/h3-7H,1,12H2,2H3;1-2H3. The fourth-order valence-electron chi connectivity index (χ4n) is 1.44. The van der Waals surface area contributed by atoms with Gasteiger partial charge in [-0.05, 0) is 23.8 Å². The normalized spacial score (nSPS) is 13.0. The van der Waals surface area contributed by atoms with Gasteiger partial charge in [0.2, 0.25) is 0 Å². The van der Waals surface area contributed by atoms with Gasteiger partial charge >= 0.3 is 0 Å². The predicted octanol–water partition coefficient (Wildman–Crippen LogP) is 3.18. The van der Waals surface area contributed by atoms with Gasteiger partial charge in [-0.25, -0.2) is 0 Å². The molecule has 0 atom stereocenters. The second-order valence-corrected chi connectivity index (χ2v) is 3.22. The molecule has 80 valence electrons. The lowest BCUT2D eigenvalue weighted by Gasteiger charge is -2.23. The Morgan fingerprint density at radius 1 is 1.27 bits per heavy atom. The van der Waals surface area contributed by atoms with Crippen molar-refractivity contribution in [2.75, 3.05) is 12.8 Å². The predicted molar refractivity (Wildman–Crippen MR) is 68.0 cm³/mol. The van der Waals surface area contributed by atoms with Crippen LogP contribution in [0.3, 0.4) is 0 Å². The summed E-state index contributed by atoms with van der Waals surface area (Å²) in [4.78, 5) is 1.99. The van der Waals surface area contributed by atoms with Gasteiger partial charge in [0, 0.05) is 30.2 Å². The Hall–Kier alpha value is -1.70. The Morgan fingerprint density at radius 3 is 2.60 bits per heavy atom. The van der Waals surface area contributed by atoms with Gasteiger partial charge in [-0.2, -0.15) is 0 Å². The molecule has 2 rings (SSSR count). The van der Waals surface area contributed by atoms with E-state index in [0.717, 1.165) is 16.9 Å². The average molecular weight is 202 g/mol. The van der Waals surface area contributed by atoms with Crippen molar-refractivity contribution in [1.29, 1.82) is 0 Å². The molecule has 0 bridgehead atoms. The highest BCUT2D eigenvalue weighted by Crippen LogP contribution is 2.28. The van der Waals surface area contributed by atoms with E-state index in [0.29, 0.717) is 0 Å². The van der Waals surface area contributed by atoms with Gasteiger partial charge in [0.1, 0.15) is 0 Å². The number of hydrogen-bond acceptors (Lipinski definition) is 2. The first kappa shape index (κ1) is 11.4. The number of fused-ring (bicyclic) bond motifs is 1. The third-order valence-electron chi connectivity index (χ3n) is 2.29. The Labute approximate surface area is 91.7 Å². The van der Waals surface area contributed by atoms with Gasteiger partial charge < -0.3 is 10.6 Å². The summed E-state index contributed by atoms with van der Waals surface area (Å²) in [6, 6.07) is 5.87. The minimum absolute atomic E-state index is 0.781. The lowest BCUT2D eigenvalue weighted by Crippen LogP contribution is -2.12. The fourth-order valence-corrected chi connectivity index (χ4v) is 1.44. The zero-order valence-corrected chi connectivity index (χ0v) is 9.62. The molecule has 2 heteroatoms. The maximum absolute atomic E-state index is 5.71. The lowest BCUT2D eigenvalue weighted by molar-refractivity contribution is 0.656. The molecule has 0 aromatic heterocycles. The highest BCUT2D eigenvalue weighted by molar-refractivity contribution is 5.78. The second-order valence-electron chi connectivity index (χ2n) is 3.22. The first-order valence-corrected chi connectivity index (χ1v) is 5.18. The summed E-state index contributed by atoms with van der Waals surface area (Å²) < 4.78 is 0. The van der Waals surface area contributed by atoms with E-state index in [1.54, 1.807) is 0 Å². The molecule has 1 heterocycles. The number of nitrogens with two attached hydrogens (primary N) is 1. The van der Waals surface area contributed by atoms with E-state index in [1.807, 2.05) is 50.2 Å². The van der Waals surface area contributed by atoms with Crippen molar-refractivity contribution in [3.63, 3.8) is 0 Å². The smallest absolute Gasteiger partial charge is 0.0410 e. The topological polar surface area (TPSA) is 29.3 Å². The van der Waals surface area contributed by atoms with Gasteiger partial charge in [0.25, 0.3) is 0 Å². The van der Waals surface area contributed by atoms with E-state index in [-0.39, 0.29) is 0 Å². The third kappa shape index (κ3) is 2.21. The molecule has 0 radical (unpaired) electrons. The first-order chi connectivity index (χ1) is 7.18. The molecular formula is C13H18N2. The molecule has 0 saturated carbocycles. The van der Waals surface area contributed by atoms with Crippen LogP contribution in [0.5, 0.6) is 0 Å².